The number of rotatable bonds is 6. The molecule has 0 saturated carbocycles. The van der Waals surface area contributed by atoms with Gasteiger partial charge in [-0.3, -0.25) is 9.36 Å². The van der Waals surface area contributed by atoms with Crippen molar-refractivity contribution in [2.24, 2.45) is 14.1 Å². The molecule has 2 rings (SSSR count). The molecule has 0 unspecified atom stereocenters. The third-order valence-corrected chi connectivity index (χ3v) is 4.01. The summed E-state index contributed by atoms with van der Waals surface area (Å²) in [5.74, 6) is 0.951. The summed E-state index contributed by atoms with van der Waals surface area (Å²) in [6.07, 6.45) is 0. The van der Waals surface area contributed by atoms with E-state index in [1.807, 2.05) is 38.4 Å². The maximum atomic E-state index is 12.2. The summed E-state index contributed by atoms with van der Waals surface area (Å²) in [4.78, 5) is 25.1. The Kier molecular flexibility index (Phi) is 5.40. The van der Waals surface area contributed by atoms with Crippen molar-refractivity contribution in [3.8, 4) is 5.75 Å². The molecular weight excluding hydrogens is 310 g/mol. The van der Waals surface area contributed by atoms with Gasteiger partial charge in [-0.15, -0.1) is 5.10 Å². The lowest BCUT2D eigenvalue weighted by Gasteiger charge is -2.24. The predicted octanol–water partition coefficient (Wildman–Crippen LogP) is -1.21. The first-order valence-corrected chi connectivity index (χ1v) is 7.68. The summed E-state index contributed by atoms with van der Waals surface area (Å²) < 4.78 is 7.62. The number of likely N-dealkylation sites (N-methyl/N-ethyl adjacent to an activating group) is 1. The largest absolute Gasteiger partial charge is 0.496 e. The number of benzene rings is 1. The average Bonchev–Trinajstić information content (AvgIpc) is 2.57. The quantitative estimate of drug-likeness (QED) is 0.692. The van der Waals surface area contributed by atoms with Gasteiger partial charge in [-0.1, -0.05) is 12.1 Å². The molecule has 0 aliphatic carbocycles. The minimum atomic E-state index is -0.454. The van der Waals surface area contributed by atoms with E-state index in [0.717, 1.165) is 20.6 Å². The number of hydrogen-bond donors (Lipinski definition) is 2. The van der Waals surface area contributed by atoms with E-state index in [0.29, 0.717) is 6.54 Å². The molecule has 1 aromatic heterocycles. The molecule has 8 heteroatoms. The van der Waals surface area contributed by atoms with Gasteiger partial charge < -0.3 is 15.0 Å². The van der Waals surface area contributed by atoms with Crippen molar-refractivity contribution in [3.05, 3.63) is 50.7 Å². The molecule has 8 nitrogen and oxygen atoms in total. The third-order valence-electron chi connectivity index (χ3n) is 4.01. The molecule has 130 valence electrons. The van der Waals surface area contributed by atoms with Crippen molar-refractivity contribution in [2.45, 2.75) is 6.04 Å². The standard InChI is InChI=1S/C16H23N5O3/c1-19(2)12(11-8-6-7-9-13(11)24-5)10-17-14-15(22)20(3)16(23)21(4)18-14/h6-9,12H,10H2,1-5H3,(H,17,18)/p+1/t12-/m1/s1. The van der Waals surface area contributed by atoms with Crippen LogP contribution in [-0.2, 0) is 14.1 Å². The van der Waals surface area contributed by atoms with E-state index in [9.17, 15) is 9.59 Å². The zero-order valence-electron chi connectivity index (χ0n) is 14.7. The van der Waals surface area contributed by atoms with Crippen LogP contribution in [0.2, 0.25) is 0 Å². The van der Waals surface area contributed by atoms with E-state index in [2.05, 4.69) is 10.4 Å². The van der Waals surface area contributed by atoms with Gasteiger partial charge in [0.25, 0.3) is 5.56 Å². The highest BCUT2D eigenvalue weighted by Gasteiger charge is 2.22. The molecule has 0 bridgehead atoms. The second-order valence-corrected chi connectivity index (χ2v) is 5.87. The van der Waals surface area contributed by atoms with Gasteiger partial charge in [-0.2, -0.15) is 0 Å². The molecule has 1 heterocycles. The minimum absolute atomic E-state index is 0.0462. The summed E-state index contributed by atoms with van der Waals surface area (Å²) in [6.45, 7) is 0.475. The monoisotopic (exact) mass is 334 g/mol. The molecule has 0 fully saturated rings. The van der Waals surface area contributed by atoms with E-state index in [1.54, 1.807) is 7.11 Å². The van der Waals surface area contributed by atoms with Crippen molar-refractivity contribution in [1.82, 2.24) is 14.3 Å². The summed E-state index contributed by atoms with van der Waals surface area (Å²) in [5, 5.41) is 7.09. The normalized spacial score (nSPS) is 12.2. The molecule has 0 spiro atoms. The van der Waals surface area contributed by atoms with Crippen LogP contribution in [-0.4, -0.2) is 42.1 Å². The van der Waals surface area contributed by atoms with Crippen molar-refractivity contribution >= 4 is 5.82 Å². The van der Waals surface area contributed by atoms with Gasteiger partial charge in [0.1, 0.15) is 11.8 Å². The zero-order chi connectivity index (χ0) is 17.9. The number of nitrogens with one attached hydrogen (secondary N) is 2. The average molecular weight is 334 g/mol. The molecule has 0 amide bonds. The molecule has 0 aliphatic heterocycles. The fourth-order valence-corrected chi connectivity index (χ4v) is 2.59. The number of anilines is 1. The Morgan fingerprint density at radius 1 is 1.25 bits per heavy atom. The van der Waals surface area contributed by atoms with Gasteiger partial charge in [-0.25, -0.2) is 9.48 Å². The number of ether oxygens (including phenoxy) is 1. The first-order chi connectivity index (χ1) is 11.4. The molecule has 1 atom stereocenters. The summed E-state index contributed by atoms with van der Waals surface area (Å²) in [7, 11) is 8.66. The maximum absolute atomic E-state index is 12.2. The second kappa shape index (κ2) is 7.31. The number of para-hydroxylation sites is 1. The summed E-state index contributed by atoms with van der Waals surface area (Å²) in [6, 6.07) is 7.84. The lowest BCUT2D eigenvalue weighted by atomic mass is 10.0. The van der Waals surface area contributed by atoms with E-state index in [4.69, 9.17) is 4.74 Å². The van der Waals surface area contributed by atoms with Gasteiger partial charge in [0, 0.05) is 14.1 Å². The second-order valence-electron chi connectivity index (χ2n) is 5.87. The first kappa shape index (κ1) is 17.7. The van der Waals surface area contributed by atoms with Gasteiger partial charge >= 0.3 is 5.69 Å². The Hall–Kier alpha value is -2.61. The number of quaternary nitrogens is 1. The number of aromatic nitrogens is 3. The Morgan fingerprint density at radius 3 is 2.54 bits per heavy atom. The van der Waals surface area contributed by atoms with Crippen LogP contribution < -0.4 is 26.2 Å². The fraction of sp³-hybridized carbons (Fsp3) is 0.438. The highest BCUT2D eigenvalue weighted by molar-refractivity contribution is 5.37. The van der Waals surface area contributed by atoms with Crippen molar-refractivity contribution < 1.29 is 9.64 Å². The first-order valence-electron chi connectivity index (χ1n) is 7.68. The SMILES string of the molecule is COc1ccccc1[C@@H](CNc1nn(C)c(=O)n(C)c1=O)[NH+](C)C. The Balaban J connectivity index is 2.31. The van der Waals surface area contributed by atoms with Crippen LogP contribution in [0.4, 0.5) is 5.82 Å². The van der Waals surface area contributed by atoms with Gasteiger partial charge in [0.05, 0.1) is 33.3 Å². The third kappa shape index (κ3) is 3.48. The molecule has 0 aliphatic rings. The Labute approximate surface area is 140 Å². The molecule has 2 N–H and O–H groups in total. The Bertz CT molecular complexity index is 825. The van der Waals surface area contributed by atoms with Gasteiger partial charge in [-0.05, 0) is 12.1 Å². The molecule has 2 aromatic rings. The summed E-state index contributed by atoms with van der Waals surface area (Å²) >= 11 is 0. The van der Waals surface area contributed by atoms with Gasteiger partial charge in [0.15, 0.2) is 0 Å². The Morgan fingerprint density at radius 2 is 1.92 bits per heavy atom. The highest BCUT2D eigenvalue weighted by atomic mass is 16.5. The van der Waals surface area contributed by atoms with Crippen LogP contribution in [0.15, 0.2) is 33.9 Å². The summed E-state index contributed by atoms with van der Waals surface area (Å²) in [5.41, 5.74) is 0.143. The lowest BCUT2D eigenvalue weighted by molar-refractivity contribution is -0.890. The fourth-order valence-electron chi connectivity index (χ4n) is 2.59. The molecule has 0 radical (unpaired) electrons. The lowest BCUT2D eigenvalue weighted by Crippen LogP contribution is -3.06. The molecule has 0 saturated heterocycles. The topological polar surface area (TPSA) is 82.6 Å². The van der Waals surface area contributed by atoms with Crippen molar-refractivity contribution in [2.75, 3.05) is 33.1 Å². The van der Waals surface area contributed by atoms with Crippen LogP contribution in [0, 0.1) is 0 Å². The number of nitrogens with zero attached hydrogens (tertiary/aromatic N) is 3. The van der Waals surface area contributed by atoms with Crippen LogP contribution in [0.3, 0.4) is 0 Å². The maximum Gasteiger partial charge on any atom is 0.346 e. The molecular formula is C16H24N5O3+. The van der Waals surface area contributed by atoms with E-state index in [-0.39, 0.29) is 11.9 Å². The van der Waals surface area contributed by atoms with Crippen LogP contribution in [0.25, 0.3) is 0 Å². The van der Waals surface area contributed by atoms with Crippen molar-refractivity contribution in [3.63, 3.8) is 0 Å². The number of hydrogen-bond acceptors (Lipinski definition) is 5. The molecule has 1 aromatic carbocycles. The van der Waals surface area contributed by atoms with Crippen LogP contribution in [0.1, 0.15) is 11.6 Å². The number of aryl methyl sites for hydroxylation is 1. The van der Waals surface area contributed by atoms with E-state index >= 15 is 0 Å². The minimum Gasteiger partial charge on any atom is -0.496 e. The number of methoxy groups -OCH3 is 1. The zero-order valence-corrected chi connectivity index (χ0v) is 14.7. The van der Waals surface area contributed by atoms with Crippen LogP contribution >= 0.6 is 0 Å². The smallest absolute Gasteiger partial charge is 0.346 e. The van der Waals surface area contributed by atoms with Gasteiger partial charge in [0.2, 0.25) is 5.82 Å². The molecule has 24 heavy (non-hydrogen) atoms. The highest BCUT2D eigenvalue weighted by Crippen LogP contribution is 2.22. The van der Waals surface area contributed by atoms with E-state index in [1.165, 1.54) is 19.0 Å². The van der Waals surface area contributed by atoms with E-state index < -0.39 is 11.2 Å². The predicted molar refractivity (Wildman–Crippen MR) is 91.8 cm³/mol. The van der Waals surface area contributed by atoms with Crippen LogP contribution in [0.5, 0.6) is 5.75 Å². The van der Waals surface area contributed by atoms with Crippen molar-refractivity contribution in [1.29, 1.82) is 0 Å².